The zero-order valence-electron chi connectivity index (χ0n) is 12.3. The van der Waals surface area contributed by atoms with Crippen molar-refractivity contribution in [3.05, 3.63) is 28.8 Å². The molecular formula is C16H25ClNO2+. The second kappa shape index (κ2) is 8.50. The third-order valence-electron chi connectivity index (χ3n) is 3.79. The van der Waals surface area contributed by atoms with Gasteiger partial charge in [-0.1, -0.05) is 11.6 Å². The Morgan fingerprint density at radius 3 is 2.65 bits per heavy atom. The van der Waals surface area contributed by atoms with Crippen LogP contribution in [0.1, 0.15) is 24.8 Å². The Balaban J connectivity index is 1.53. The highest BCUT2D eigenvalue weighted by molar-refractivity contribution is 6.31. The van der Waals surface area contributed by atoms with Crippen molar-refractivity contribution < 1.29 is 14.4 Å². The summed E-state index contributed by atoms with van der Waals surface area (Å²) in [5.74, 6) is 0.858. The molecule has 20 heavy (non-hydrogen) atoms. The maximum Gasteiger partial charge on any atom is 0.119 e. The SMILES string of the molecule is Cc1cc(OCCOCC[NH+]2CCCCC2)ccc1Cl. The van der Waals surface area contributed by atoms with Crippen molar-refractivity contribution in [2.45, 2.75) is 26.2 Å². The number of hydrogen-bond donors (Lipinski definition) is 1. The molecule has 0 amide bonds. The van der Waals surface area contributed by atoms with E-state index in [1.807, 2.05) is 25.1 Å². The van der Waals surface area contributed by atoms with Gasteiger partial charge in [0.15, 0.2) is 0 Å². The minimum absolute atomic E-state index is 0.594. The van der Waals surface area contributed by atoms with E-state index in [4.69, 9.17) is 21.1 Å². The van der Waals surface area contributed by atoms with Gasteiger partial charge in [-0.3, -0.25) is 0 Å². The van der Waals surface area contributed by atoms with Gasteiger partial charge in [0.1, 0.15) is 18.9 Å². The van der Waals surface area contributed by atoms with Crippen molar-refractivity contribution >= 4 is 11.6 Å². The van der Waals surface area contributed by atoms with E-state index in [0.717, 1.165) is 29.5 Å². The maximum absolute atomic E-state index is 5.97. The van der Waals surface area contributed by atoms with Crippen molar-refractivity contribution in [3.8, 4) is 5.75 Å². The molecule has 0 atom stereocenters. The van der Waals surface area contributed by atoms with Crippen LogP contribution < -0.4 is 9.64 Å². The lowest BCUT2D eigenvalue weighted by Gasteiger charge is -2.23. The first-order valence-corrected chi connectivity index (χ1v) is 7.94. The maximum atomic E-state index is 5.97. The number of nitrogens with one attached hydrogen (secondary N) is 1. The van der Waals surface area contributed by atoms with Crippen LogP contribution >= 0.6 is 11.6 Å². The molecule has 4 heteroatoms. The molecular weight excluding hydrogens is 274 g/mol. The van der Waals surface area contributed by atoms with Gasteiger partial charge in [0, 0.05) is 5.02 Å². The molecule has 1 aliphatic rings. The molecule has 0 saturated carbocycles. The minimum Gasteiger partial charge on any atom is -0.491 e. The molecule has 0 aliphatic carbocycles. The van der Waals surface area contributed by atoms with Gasteiger partial charge >= 0.3 is 0 Å². The number of benzene rings is 1. The average Bonchev–Trinajstić information content (AvgIpc) is 2.47. The second-order valence-electron chi connectivity index (χ2n) is 5.43. The molecule has 112 valence electrons. The highest BCUT2D eigenvalue weighted by atomic mass is 35.5. The van der Waals surface area contributed by atoms with Gasteiger partial charge in [0.2, 0.25) is 0 Å². The molecule has 3 nitrogen and oxygen atoms in total. The molecule has 0 bridgehead atoms. The highest BCUT2D eigenvalue weighted by Crippen LogP contribution is 2.20. The van der Waals surface area contributed by atoms with Crippen LogP contribution in [0.15, 0.2) is 18.2 Å². The molecule has 0 spiro atoms. The summed E-state index contributed by atoms with van der Waals surface area (Å²) in [5, 5.41) is 0.776. The fraction of sp³-hybridized carbons (Fsp3) is 0.625. The minimum atomic E-state index is 0.594. The number of quaternary nitrogens is 1. The van der Waals surface area contributed by atoms with Crippen molar-refractivity contribution in [3.63, 3.8) is 0 Å². The van der Waals surface area contributed by atoms with E-state index in [1.165, 1.54) is 32.4 Å². The third kappa shape index (κ3) is 5.31. The average molecular weight is 299 g/mol. The zero-order valence-corrected chi connectivity index (χ0v) is 13.0. The van der Waals surface area contributed by atoms with Gasteiger partial charge in [-0.25, -0.2) is 0 Å². The van der Waals surface area contributed by atoms with E-state index < -0.39 is 0 Å². The number of hydrogen-bond acceptors (Lipinski definition) is 2. The Kier molecular flexibility index (Phi) is 6.64. The van der Waals surface area contributed by atoms with Crippen LogP contribution in [0.25, 0.3) is 0 Å². The standard InChI is InChI=1S/C16H24ClNO2/c1-14-13-15(5-6-16(14)17)20-12-11-19-10-9-18-7-3-2-4-8-18/h5-6,13H,2-4,7-12H2,1H3/p+1. The summed E-state index contributed by atoms with van der Waals surface area (Å²) in [6.07, 6.45) is 4.14. The predicted molar refractivity (Wildman–Crippen MR) is 81.9 cm³/mol. The van der Waals surface area contributed by atoms with Crippen LogP contribution in [0.4, 0.5) is 0 Å². The first-order chi connectivity index (χ1) is 9.75. The molecule has 1 fully saturated rings. The summed E-state index contributed by atoms with van der Waals surface area (Å²) >= 11 is 5.97. The normalized spacial score (nSPS) is 16.3. The van der Waals surface area contributed by atoms with Crippen LogP contribution in [0.5, 0.6) is 5.75 Å². The van der Waals surface area contributed by atoms with E-state index in [9.17, 15) is 0 Å². The summed E-state index contributed by atoms with van der Waals surface area (Å²) in [6.45, 7) is 7.80. The fourth-order valence-electron chi connectivity index (χ4n) is 2.55. The van der Waals surface area contributed by atoms with Gasteiger partial charge < -0.3 is 14.4 Å². The Labute approximate surface area is 126 Å². The van der Waals surface area contributed by atoms with Gasteiger partial charge in [0.05, 0.1) is 26.3 Å². The van der Waals surface area contributed by atoms with Crippen LogP contribution in [0.2, 0.25) is 5.02 Å². The molecule has 1 N–H and O–H groups in total. The number of ether oxygens (including phenoxy) is 2. The molecule has 1 aromatic carbocycles. The first kappa shape index (κ1) is 15.6. The van der Waals surface area contributed by atoms with Crippen molar-refractivity contribution in [2.24, 2.45) is 0 Å². The van der Waals surface area contributed by atoms with Crippen molar-refractivity contribution in [1.82, 2.24) is 0 Å². The number of piperidine rings is 1. The van der Waals surface area contributed by atoms with E-state index in [2.05, 4.69) is 0 Å². The molecule has 0 unspecified atom stereocenters. The third-order valence-corrected chi connectivity index (χ3v) is 4.21. The molecule has 1 aliphatic heterocycles. The number of halogens is 1. The highest BCUT2D eigenvalue weighted by Gasteiger charge is 2.12. The lowest BCUT2D eigenvalue weighted by molar-refractivity contribution is -0.905. The smallest absolute Gasteiger partial charge is 0.119 e. The van der Waals surface area contributed by atoms with Gasteiger partial charge in [-0.2, -0.15) is 0 Å². The first-order valence-electron chi connectivity index (χ1n) is 7.56. The second-order valence-corrected chi connectivity index (χ2v) is 5.84. The van der Waals surface area contributed by atoms with Gasteiger partial charge in [-0.05, 0) is 49.9 Å². The summed E-state index contributed by atoms with van der Waals surface area (Å²) in [7, 11) is 0. The Morgan fingerprint density at radius 2 is 1.90 bits per heavy atom. The van der Waals surface area contributed by atoms with Crippen molar-refractivity contribution in [2.75, 3.05) is 39.5 Å². The van der Waals surface area contributed by atoms with E-state index in [-0.39, 0.29) is 0 Å². The summed E-state index contributed by atoms with van der Waals surface area (Å²) in [6, 6.07) is 5.72. The number of aryl methyl sites for hydroxylation is 1. The summed E-state index contributed by atoms with van der Waals surface area (Å²) in [4.78, 5) is 1.69. The molecule has 1 aromatic rings. The van der Waals surface area contributed by atoms with Crippen LogP contribution in [-0.4, -0.2) is 39.5 Å². The number of rotatable bonds is 7. The lowest BCUT2D eigenvalue weighted by atomic mass is 10.1. The van der Waals surface area contributed by atoms with Crippen molar-refractivity contribution in [1.29, 1.82) is 0 Å². The van der Waals surface area contributed by atoms with Crippen LogP contribution in [-0.2, 0) is 4.74 Å². The van der Waals surface area contributed by atoms with E-state index >= 15 is 0 Å². The van der Waals surface area contributed by atoms with Crippen LogP contribution in [0.3, 0.4) is 0 Å². The topological polar surface area (TPSA) is 22.9 Å². The van der Waals surface area contributed by atoms with Gasteiger partial charge in [0.25, 0.3) is 0 Å². The predicted octanol–water partition coefficient (Wildman–Crippen LogP) is 2.11. The lowest BCUT2D eigenvalue weighted by Crippen LogP contribution is -3.13. The Bertz CT molecular complexity index is 405. The number of likely N-dealkylation sites (tertiary alicyclic amines) is 1. The summed E-state index contributed by atoms with van der Waals surface area (Å²) in [5.41, 5.74) is 1.04. The fourth-order valence-corrected chi connectivity index (χ4v) is 2.66. The quantitative estimate of drug-likeness (QED) is 0.779. The molecule has 1 saturated heterocycles. The molecule has 2 rings (SSSR count). The monoisotopic (exact) mass is 298 g/mol. The Morgan fingerprint density at radius 1 is 1.10 bits per heavy atom. The molecule has 0 radical (unpaired) electrons. The zero-order chi connectivity index (χ0) is 14.2. The summed E-state index contributed by atoms with van der Waals surface area (Å²) < 4.78 is 11.3. The molecule has 0 aromatic heterocycles. The van der Waals surface area contributed by atoms with Gasteiger partial charge in [-0.15, -0.1) is 0 Å². The van der Waals surface area contributed by atoms with Crippen LogP contribution in [0, 0.1) is 6.92 Å². The Hall–Kier alpha value is -0.770. The molecule has 1 heterocycles. The van der Waals surface area contributed by atoms with E-state index in [0.29, 0.717) is 13.2 Å². The largest absolute Gasteiger partial charge is 0.491 e. The van der Waals surface area contributed by atoms with E-state index in [1.54, 1.807) is 4.90 Å².